The minimum atomic E-state index is -0.652. The van der Waals surface area contributed by atoms with E-state index in [-0.39, 0.29) is 18.0 Å². The van der Waals surface area contributed by atoms with Crippen molar-refractivity contribution < 1.29 is 14.0 Å². The summed E-state index contributed by atoms with van der Waals surface area (Å²) >= 11 is 0. The molecule has 1 aliphatic rings. The molecule has 0 amide bonds. The van der Waals surface area contributed by atoms with Crippen molar-refractivity contribution in [3.8, 4) is 0 Å². The summed E-state index contributed by atoms with van der Waals surface area (Å²) in [5, 5.41) is 0. The van der Waals surface area contributed by atoms with Crippen molar-refractivity contribution in [2.24, 2.45) is 5.92 Å². The maximum absolute atomic E-state index is 13.3. The first-order chi connectivity index (χ1) is 8.84. The molecule has 0 aromatic heterocycles. The van der Waals surface area contributed by atoms with Crippen LogP contribution in [0.1, 0.15) is 56.0 Å². The van der Waals surface area contributed by atoms with Crippen molar-refractivity contribution >= 4 is 11.6 Å². The van der Waals surface area contributed by atoms with Gasteiger partial charge in [-0.25, -0.2) is 4.39 Å². The summed E-state index contributed by atoms with van der Waals surface area (Å²) in [6.07, 6.45) is 1.51. The number of rotatable bonds is 3. The predicted molar refractivity (Wildman–Crippen MR) is 71.8 cm³/mol. The lowest BCUT2D eigenvalue weighted by Crippen LogP contribution is -2.40. The Hall–Kier alpha value is -1.51. The molecule has 0 fully saturated rings. The molecule has 2 rings (SSSR count). The van der Waals surface area contributed by atoms with Crippen molar-refractivity contribution in [1.29, 1.82) is 0 Å². The molecule has 0 bridgehead atoms. The molecule has 0 saturated heterocycles. The first-order valence-corrected chi connectivity index (χ1v) is 6.71. The Morgan fingerprint density at radius 2 is 2.00 bits per heavy atom. The summed E-state index contributed by atoms with van der Waals surface area (Å²) in [4.78, 5) is 24.2. The third-order valence-electron chi connectivity index (χ3n) is 4.03. The summed E-state index contributed by atoms with van der Waals surface area (Å²) in [6, 6.07) is 4.19. The van der Waals surface area contributed by atoms with Crippen LogP contribution in [0.15, 0.2) is 18.2 Å². The van der Waals surface area contributed by atoms with E-state index in [9.17, 15) is 14.0 Å². The lowest BCUT2D eigenvalue weighted by molar-refractivity contribution is -0.123. The van der Waals surface area contributed by atoms with Crippen molar-refractivity contribution in [1.82, 2.24) is 0 Å². The van der Waals surface area contributed by atoms with Crippen molar-refractivity contribution in [3.63, 3.8) is 0 Å². The molecule has 1 aromatic carbocycles. The van der Waals surface area contributed by atoms with Gasteiger partial charge in [0.15, 0.2) is 11.6 Å². The molecule has 0 aliphatic heterocycles. The third-order valence-corrected chi connectivity index (χ3v) is 4.03. The van der Waals surface area contributed by atoms with Gasteiger partial charge in [0.1, 0.15) is 5.82 Å². The van der Waals surface area contributed by atoms with Crippen molar-refractivity contribution in [3.05, 3.63) is 35.1 Å². The summed E-state index contributed by atoms with van der Waals surface area (Å²) in [5.74, 6) is -0.238. The van der Waals surface area contributed by atoms with Gasteiger partial charge in [0.25, 0.3) is 0 Å². The van der Waals surface area contributed by atoms with E-state index >= 15 is 0 Å². The van der Waals surface area contributed by atoms with Crippen molar-refractivity contribution in [2.75, 3.05) is 0 Å². The molecule has 102 valence electrons. The van der Waals surface area contributed by atoms with Crippen LogP contribution in [0.2, 0.25) is 0 Å². The smallest absolute Gasteiger partial charge is 0.170 e. The highest BCUT2D eigenvalue weighted by Gasteiger charge is 2.42. The molecule has 19 heavy (non-hydrogen) atoms. The molecule has 2 nitrogen and oxygen atoms in total. The highest BCUT2D eigenvalue weighted by atomic mass is 19.1. The molecule has 0 N–H and O–H groups in total. The molecule has 0 saturated carbocycles. The fourth-order valence-corrected chi connectivity index (χ4v) is 2.67. The second-order valence-corrected chi connectivity index (χ2v) is 5.98. The zero-order valence-electron chi connectivity index (χ0n) is 11.6. The standard InChI is InChI=1S/C16H19FO2/c1-10(2)6-7-16(3)13-5-4-11(17)8-12(13)14(18)9-15(16)19/h4-5,8,10H,6-7,9H2,1-3H3/t16-/m0/s1. The average molecular weight is 262 g/mol. The van der Waals surface area contributed by atoms with Crippen molar-refractivity contribution in [2.45, 2.75) is 45.4 Å². The Bertz CT molecular complexity index is 534. The summed E-state index contributed by atoms with van der Waals surface area (Å²) < 4.78 is 13.3. The first-order valence-electron chi connectivity index (χ1n) is 6.71. The molecule has 3 heteroatoms. The van der Waals surface area contributed by atoms with Crippen LogP contribution >= 0.6 is 0 Å². The summed E-state index contributed by atoms with van der Waals surface area (Å²) in [6.45, 7) is 6.08. The monoisotopic (exact) mass is 262 g/mol. The lowest BCUT2D eigenvalue weighted by Gasteiger charge is -2.34. The van der Waals surface area contributed by atoms with Gasteiger partial charge in [0.2, 0.25) is 0 Å². The lowest BCUT2D eigenvalue weighted by atomic mass is 9.67. The molecule has 0 unspecified atom stereocenters. The van der Waals surface area contributed by atoms with Gasteiger partial charge in [-0.3, -0.25) is 9.59 Å². The molecular formula is C16H19FO2. The molecule has 0 spiro atoms. The Kier molecular flexibility index (Phi) is 3.57. The minimum absolute atomic E-state index is 0.0442. The van der Waals surface area contributed by atoms with Crippen LogP contribution in [0.3, 0.4) is 0 Å². The number of hydrogen-bond donors (Lipinski definition) is 0. The molecule has 1 aliphatic carbocycles. The fourth-order valence-electron chi connectivity index (χ4n) is 2.67. The van der Waals surface area contributed by atoms with E-state index in [0.29, 0.717) is 23.5 Å². The highest BCUT2D eigenvalue weighted by molar-refractivity contribution is 6.16. The van der Waals surface area contributed by atoms with Gasteiger partial charge in [-0.15, -0.1) is 0 Å². The van der Waals surface area contributed by atoms with Crippen LogP contribution in [0.5, 0.6) is 0 Å². The van der Waals surface area contributed by atoms with Gasteiger partial charge in [0.05, 0.1) is 11.8 Å². The molecular weight excluding hydrogens is 243 g/mol. The van der Waals surface area contributed by atoms with E-state index in [2.05, 4.69) is 13.8 Å². The topological polar surface area (TPSA) is 34.1 Å². The molecule has 0 radical (unpaired) electrons. The van der Waals surface area contributed by atoms with Gasteiger partial charge < -0.3 is 0 Å². The number of carbonyl (C=O) groups excluding carboxylic acids is 2. The van der Waals surface area contributed by atoms with E-state index in [1.807, 2.05) is 6.92 Å². The van der Waals surface area contributed by atoms with Crippen LogP contribution in [0.25, 0.3) is 0 Å². The maximum Gasteiger partial charge on any atom is 0.170 e. The molecule has 1 atom stereocenters. The molecule has 1 aromatic rings. The first kappa shape index (κ1) is 13.9. The number of fused-ring (bicyclic) bond motifs is 1. The van der Waals surface area contributed by atoms with Crippen LogP contribution in [-0.2, 0) is 10.2 Å². The quantitative estimate of drug-likeness (QED) is 0.779. The molecule has 0 heterocycles. The number of benzene rings is 1. The van der Waals surface area contributed by atoms with E-state index in [4.69, 9.17) is 0 Å². The maximum atomic E-state index is 13.3. The Labute approximate surface area is 113 Å². The number of hydrogen-bond acceptors (Lipinski definition) is 2. The Balaban J connectivity index is 2.47. The van der Waals surface area contributed by atoms with E-state index in [1.165, 1.54) is 12.1 Å². The van der Waals surface area contributed by atoms with E-state index in [1.54, 1.807) is 6.07 Å². The van der Waals surface area contributed by atoms with E-state index in [0.717, 1.165) is 6.42 Å². The summed E-state index contributed by atoms with van der Waals surface area (Å²) in [5.41, 5.74) is 0.419. The number of Topliss-reactive ketones (excluding diaryl/α,β-unsaturated/α-hetero) is 2. The van der Waals surface area contributed by atoms with Crippen LogP contribution in [0.4, 0.5) is 4.39 Å². The fraction of sp³-hybridized carbons (Fsp3) is 0.500. The van der Waals surface area contributed by atoms with Crippen LogP contribution in [-0.4, -0.2) is 11.6 Å². The third kappa shape index (κ3) is 2.46. The summed E-state index contributed by atoms with van der Waals surface area (Å²) in [7, 11) is 0. The SMILES string of the molecule is CC(C)CC[C@]1(C)C(=O)CC(=O)c2cc(F)ccc21. The van der Waals surface area contributed by atoms with Gasteiger partial charge in [-0.05, 0) is 43.4 Å². The minimum Gasteiger partial charge on any atom is -0.298 e. The average Bonchev–Trinajstić information content (AvgIpc) is 2.34. The Morgan fingerprint density at radius 3 is 2.63 bits per heavy atom. The normalized spacial score (nSPS) is 22.8. The van der Waals surface area contributed by atoms with Gasteiger partial charge >= 0.3 is 0 Å². The Morgan fingerprint density at radius 1 is 1.32 bits per heavy atom. The predicted octanol–water partition coefficient (Wildman–Crippen LogP) is 3.68. The number of ketones is 2. The van der Waals surface area contributed by atoms with Gasteiger partial charge in [-0.1, -0.05) is 19.9 Å². The van der Waals surface area contributed by atoms with E-state index < -0.39 is 11.2 Å². The zero-order chi connectivity index (χ0) is 14.2. The van der Waals surface area contributed by atoms with Crippen LogP contribution < -0.4 is 0 Å². The van der Waals surface area contributed by atoms with Crippen LogP contribution in [0, 0.1) is 11.7 Å². The largest absolute Gasteiger partial charge is 0.298 e. The van der Waals surface area contributed by atoms with Gasteiger partial charge in [0, 0.05) is 5.56 Å². The number of carbonyl (C=O) groups is 2. The second kappa shape index (κ2) is 4.87. The van der Waals surface area contributed by atoms with Gasteiger partial charge in [-0.2, -0.15) is 0 Å². The zero-order valence-corrected chi connectivity index (χ0v) is 11.6. The highest BCUT2D eigenvalue weighted by Crippen LogP contribution is 2.39. The number of halogens is 1. The second-order valence-electron chi connectivity index (χ2n) is 5.98.